The van der Waals surface area contributed by atoms with Gasteiger partial charge in [-0.05, 0) is 30.0 Å². The quantitative estimate of drug-likeness (QED) is 0.421. The lowest BCUT2D eigenvalue weighted by atomic mass is 10.2. The van der Waals surface area contributed by atoms with Gasteiger partial charge < -0.3 is 14.0 Å². The van der Waals surface area contributed by atoms with Crippen LogP contribution in [-0.4, -0.2) is 31.8 Å². The average Bonchev–Trinajstić information content (AvgIpc) is 3.06. The van der Waals surface area contributed by atoms with Gasteiger partial charge in [-0.25, -0.2) is 14.4 Å². The molecule has 10 heteroatoms. The molecule has 4 aromatic rings. The fourth-order valence-electron chi connectivity index (χ4n) is 2.62. The normalized spacial score (nSPS) is 11.0. The van der Waals surface area contributed by atoms with Gasteiger partial charge in [-0.15, -0.1) is 10.2 Å². The summed E-state index contributed by atoms with van der Waals surface area (Å²) in [7, 11) is 3.24. The van der Waals surface area contributed by atoms with Crippen molar-refractivity contribution in [1.29, 1.82) is 0 Å². The minimum atomic E-state index is -0.479. The predicted molar refractivity (Wildman–Crippen MR) is 107 cm³/mol. The van der Waals surface area contributed by atoms with E-state index in [1.54, 1.807) is 22.8 Å². The fourth-order valence-corrected chi connectivity index (χ4v) is 3.68. The third kappa shape index (κ3) is 3.96. The lowest BCUT2D eigenvalue weighted by Gasteiger charge is -2.09. The van der Waals surface area contributed by atoms with E-state index in [4.69, 9.17) is 21.1 Å². The van der Waals surface area contributed by atoms with Gasteiger partial charge in [0.1, 0.15) is 23.7 Å². The van der Waals surface area contributed by atoms with Crippen molar-refractivity contribution < 1.29 is 13.9 Å². The molecule has 0 saturated carbocycles. The van der Waals surface area contributed by atoms with E-state index in [0.29, 0.717) is 37.7 Å². The molecule has 0 radical (unpaired) electrons. The molecule has 0 fully saturated rings. The van der Waals surface area contributed by atoms with Gasteiger partial charge in [0.25, 0.3) is 0 Å². The fraction of sp³-hybridized carbons (Fsp3) is 0.158. The van der Waals surface area contributed by atoms with Crippen molar-refractivity contribution in [2.75, 3.05) is 7.11 Å². The van der Waals surface area contributed by atoms with Crippen molar-refractivity contribution in [1.82, 2.24) is 24.7 Å². The van der Waals surface area contributed by atoms with Gasteiger partial charge in [-0.3, -0.25) is 0 Å². The topological polar surface area (TPSA) is 75.0 Å². The minimum Gasteiger partial charge on any atom is -0.494 e. The summed E-state index contributed by atoms with van der Waals surface area (Å²) in [6.07, 6.45) is 1.38. The Hall–Kier alpha value is -2.91. The van der Waals surface area contributed by atoms with E-state index >= 15 is 0 Å². The Balaban J connectivity index is 1.58. The Morgan fingerprint density at radius 2 is 1.97 bits per heavy atom. The molecule has 2 heterocycles. The number of benzene rings is 2. The van der Waals surface area contributed by atoms with Crippen molar-refractivity contribution in [3.63, 3.8) is 0 Å². The van der Waals surface area contributed by atoms with Crippen LogP contribution in [0.4, 0.5) is 4.39 Å². The number of hydrogen-bond donors (Lipinski definition) is 0. The molecular formula is C19H15ClFN5O2S. The first kappa shape index (κ1) is 19.4. The largest absolute Gasteiger partial charge is 0.494 e. The number of hydrogen-bond acceptors (Lipinski definition) is 7. The van der Waals surface area contributed by atoms with Gasteiger partial charge in [0, 0.05) is 18.5 Å². The van der Waals surface area contributed by atoms with Crippen LogP contribution in [0, 0.1) is 5.82 Å². The number of rotatable bonds is 6. The first-order valence-corrected chi connectivity index (χ1v) is 9.68. The summed E-state index contributed by atoms with van der Waals surface area (Å²) in [6.45, 7) is 0.206. The molecule has 0 aliphatic heterocycles. The van der Waals surface area contributed by atoms with E-state index in [2.05, 4.69) is 20.2 Å². The Morgan fingerprint density at radius 1 is 1.14 bits per heavy atom. The number of methoxy groups -OCH3 is 1. The smallest absolute Gasteiger partial charge is 0.197 e. The number of nitrogens with zero attached hydrogens (tertiary/aromatic N) is 5. The molecule has 0 atom stereocenters. The highest BCUT2D eigenvalue weighted by Gasteiger charge is 2.16. The van der Waals surface area contributed by atoms with Crippen molar-refractivity contribution in [2.45, 2.75) is 16.8 Å². The van der Waals surface area contributed by atoms with Crippen molar-refractivity contribution in [3.05, 3.63) is 59.4 Å². The van der Waals surface area contributed by atoms with Gasteiger partial charge in [-0.2, -0.15) is 0 Å². The molecule has 2 aromatic heterocycles. The number of ether oxygens (including phenoxy) is 2. The first-order valence-electron chi connectivity index (χ1n) is 8.48. The molecule has 0 bridgehead atoms. The SMILES string of the molecule is COc1cc2c(Sc3nnc(COc4ccccc4Cl)n3C)ncnc2cc1F. The zero-order chi connectivity index (χ0) is 20.4. The van der Waals surface area contributed by atoms with Crippen LogP contribution in [0.3, 0.4) is 0 Å². The predicted octanol–water partition coefficient (Wildman–Crippen LogP) is 4.29. The lowest BCUT2D eigenvalue weighted by molar-refractivity contribution is 0.290. The number of halogens is 2. The molecule has 0 N–H and O–H groups in total. The number of fused-ring (bicyclic) bond motifs is 1. The second-order valence-electron chi connectivity index (χ2n) is 5.96. The molecule has 0 saturated heterocycles. The summed E-state index contributed by atoms with van der Waals surface area (Å²) in [5.41, 5.74) is 0.477. The highest BCUT2D eigenvalue weighted by atomic mass is 35.5. The van der Waals surface area contributed by atoms with Crippen LogP contribution in [-0.2, 0) is 13.7 Å². The minimum absolute atomic E-state index is 0.126. The van der Waals surface area contributed by atoms with E-state index in [1.165, 1.54) is 31.3 Å². The van der Waals surface area contributed by atoms with Crippen LogP contribution in [0.1, 0.15) is 5.82 Å². The average molecular weight is 432 g/mol. The highest BCUT2D eigenvalue weighted by molar-refractivity contribution is 7.99. The number of aromatic nitrogens is 5. The lowest BCUT2D eigenvalue weighted by Crippen LogP contribution is -2.04. The molecule has 2 aromatic carbocycles. The highest BCUT2D eigenvalue weighted by Crippen LogP contribution is 2.33. The second-order valence-corrected chi connectivity index (χ2v) is 7.32. The van der Waals surface area contributed by atoms with Crippen molar-refractivity contribution in [3.8, 4) is 11.5 Å². The van der Waals surface area contributed by atoms with Gasteiger partial charge in [-0.1, -0.05) is 23.7 Å². The van der Waals surface area contributed by atoms with Crippen LogP contribution in [0.25, 0.3) is 10.9 Å². The zero-order valence-electron chi connectivity index (χ0n) is 15.5. The van der Waals surface area contributed by atoms with Gasteiger partial charge in [0.2, 0.25) is 0 Å². The Labute approximate surface area is 174 Å². The third-order valence-corrected chi connectivity index (χ3v) is 5.55. The van der Waals surface area contributed by atoms with Crippen LogP contribution in [0.15, 0.2) is 52.9 Å². The summed E-state index contributed by atoms with van der Waals surface area (Å²) in [5.74, 6) is 0.838. The van der Waals surface area contributed by atoms with Crippen molar-refractivity contribution >= 4 is 34.3 Å². The maximum Gasteiger partial charge on any atom is 0.197 e. The van der Waals surface area contributed by atoms with Crippen LogP contribution in [0.5, 0.6) is 11.5 Å². The van der Waals surface area contributed by atoms with Gasteiger partial charge in [0.15, 0.2) is 22.5 Å². The molecule has 0 amide bonds. The van der Waals surface area contributed by atoms with Crippen LogP contribution >= 0.6 is 23.4 Å². The van der Waals surface area contributed by atoms with Crippen molar-refractivity contribution in [2.24, 2.45) is 7.05 Å². The summed E-state index contributed by atoms with van der Waals surface area (Å²) in [6, 6.07) is 10.1. The molecule has 4 rings (SSSR count). The Kier molecular flexibility index (Phi) is 5.50. The monoisotopic (exact) mass is 431 g/mol. The van der Waals surface area contributed by atoms with E-state index < -0.39 is 5.82 Å². The van der Waals surface area contributed by atoms with E-state index in [0.717, 1.165) is 0 Å². The summed E-state index contributed by atoms with van der Waals surface area (Å²) in [5, 5.41) is 10.8. The van der Waals surface area contributed by atoms with E-state index in [9.17, 15) is 4.39 Å². The van der Waals surface area contributed by atoms with E-state index in [-0.39, 0.29) is 12.4 Å². The molecule has 0 unspecified atom stereocenters. The Morgan fingerprint density at radius 3 is 2.76 bits per heavy atom. The Bertz CT molecular complexity index is 1190. The molecular weight excluding hydrogens is 417 g/mol. The van der Waals surface area contributed by atoms with Gasteiger partial charge >= 0.3 is 0 Å². The summed E-state index contributed by atoms with van der Waals surface area (Å²) >= 11 is 7.40. The van der Waals surface area contributed by atoms with Crippen LogP contribution < -0.4 is 9.47 Å². The molecule has 7 nitrogen and oxygen atoms in total. The maximum atomic E-state index is 14.0. The summed E-state index contributed by atoms with van der Waals surface area (Å²) < 4.78 is 26.6. The number of para-hydroxylation sites is 1. The van der Waals surface area contributed by atoms with Crippen LogP contribution in [0.2, 0.25) is 5.02 Å². The maximum absolute atomic E-state index is 14.0. The van der Waals surface area contributed by atoms with Gasteiger partial charge in [0.05, 0.1) is 17.6 Å². The summed E-state index contributed by atoms with van der Waals surface area (Å²) in [4.78, 5) is 8.43. The molecule has 0 aliphatic rings. The molecule has 0 spiro atoms. The zero-order valence-corrected chi connectivity index (χ0v) is 17.0. The third-order valence-electron chi connectivity index (χ3n) is 4.18. The molecule has 0 aliphatic carbocycles. The second kappa shape index (κ2) is 8.22. The molecule has 148 valence electrons. The standard InChI is InChI=1S/C19H15ClFN5O2S/c1-26-17(9-28-15-6-4-3-5-12(15)20)24-25-19(26)29-18-11-7-16(27-2)13(21)8-14(11)22-10-23-18/h3-8,10H,9H2,1-2H3. The molecule has 29 heavy (non-hydrogen) atoms. The van der Waals surface area contributed by atoms with E-state index in [1.807, 2.05) is 19.2 Å². The first-order chi connectivity index (χ1) is 14.1.